The zero-order valence-corrected chi connectivity index (χ0v) is 16.3. The number of nitrogens with zero attached hydrogens (tertiary/aromatic N) is 2. The van der Waals surface area contributed by atoms with Gasteiger partial charge in [0.2, 0.25) is 11.8 Å². The van der Waals surface area contributed by atoms with Crippen molar-refractivity contribution >= 4 is 11.8 Å². The molecule has 1 N–H and O–H groups in total. The number of phenols is 1. The lowest BCUT2D eigenvalue weighted by atomic mass is 9.87. The molecule has 2 aliphatic heterocycles. The number of rotatable bonds is 3. The van der Waals surface area contributed by atoms with Gasteiger partial charge in [-0.25, -0.2) is 0 Å². The smallest absolute Gasteiger partial charge is 0.227 e. The summed E-state index contributed by atoms with van der Waals surface area (Å²) in [6.45, 7) is 5.78. The second kappa shape index (κ2) is 7.30. The van der Waals surface area contributed by atoms with Crippen molar-refractivity contribution in [2.45, 2.75) is 26.3 Å². The summed E-state index contributed by atoms with van der Waals surface area (Å²) >= 11 is 0. The molecule has 3 atom stereocenters. The maximum Gasteiger partial charge on any atom is 0.227 e. The number of fused-ring (bicyclic) bond motifs is 1. The van der Waals surface area contributed by atoms with E-state index in [1.807, 2.05) is 28.0 Å². The van der Waals surface area contributed by atoms with Crippen LogP contribution in [0.4, 0.5) is 0 Å². The van der Waals surface area contributed by atoms with Gasteiger partial charge in [0.1, 0.15) is 5.75 Å². The van der Waals surface area contributed by atoms with Gasteiger partial charge in [-0.1, -0.05) is 36.4 Å². The fourth-order valence-electron chi connectivity index (χ4n) is 4.84. The molecule has 5 nitrogen and oxygen atoms in total. The van der Waals surface area contributed by atoms with Crippen molar-refractivity contribution < 1.29 is 14.7 Å². The molecule has 4 rings (SSSR count). The van der Waals surface area contributed by atoms with Crippen LogP contribution in [0, 0.1) is 18.8 Å². The molecule has 2 fully saturated rings. The summed E-state index contributed by atoms with van der Waals surface area (Å²) in [5, 5.41) is 9.63. The number of aromatic hydroxyl groups is 1. The molecule has 2 aromatic carbocycles. The van der Waals surface area contributed by atoms with Crippen LogP contribution >= 0.6 is 0 Å². The molecule has 146 valence electrons. The highest BCUT2D eigenvalue weighted by atomic mass is 16.3. The molecule has 5 heteroatoms. The van der Waals surface area contributed by atoms with Gasteiger partial charge < -0.3 is 14.9 Å². The first-order chi connectivity index (χ1) is 13.4. The van der Waals surface area contributed by atoms with Gasteiger partial charge in [0.15, 0.2) is 0 Å². The number of carbonyl (C=O) groups excluding carboxylic acids is 2. The predicted octanol–water partition coefficient (Wildman–Crippen LogP) is 2.92. The molecule has 0 aliphatic carbocycles. The van der Waals surface area contributed by atoms with E-state index >= 15 is 0 Å². The number of amides is 2. The Bertz CT molecular complexity index is 910. The Morgan fingerprint density at radius 1 is 1.07 bits per heavy atom. The van der Waals surface area contributed by atoms with E-state index in [0.717, 1.165) is 5.56 Å². The molecule has 2 saturated heterocycles. The molecule has 2 heterocycles. The molecular weight excluding hydrogens is 352 g/mol. The topological polar surface area (TPSA) is 60.9 Å². The summed E-state index contributed by atoms with van der Waals surface area (Å²) in [7, 11) is 0. The summed E-state index contributed by atoms with van der Waals surface area (Å²) in [5.41, 5.74) is 3.19. The third kappa shape index (κ3) is 3.37. The van der Waals surface area contributed by atoms with Crippen molar-refractivity contribution in [3.63, 3.8) is 0 Å². The minimum Gasteiger partial charge on any atom is -0.508 e. The summed E-state index contributed by atoms with van der Waals surface area (Å²) in [6.07, 6.45) is 0.291. The highest BCUT2D eigenvalue weighted by Crippen LogP contribution is 2.45. The lowest BCUT2D eigenvalue weighted by Crippen LogP contribution is -2.37. The highest BCUT2D eigenvalue weighted by molar-refractivity contribution is 5.79. The molecule has 0 radical (unpaired) electrons. The van der Waals surface area contributed by atoms with Crippen LogP contribution in [0.25, 0.3) is 0 Å². The average Bonchev–Trinajstić information content (AvgIpc) is 3.20. The first kappa shape index (κ1) is 18.5. The maximum atomic E-state index is 12.8. The molecule has 2 amide bonds. The number of hydrogen-bond donors (Lipinski definition) is 1. The van der Waals surface area contributed by atoms with E-state index in [0.29, 0.717) is 32.0 Å². The first-order valence-electron chi connectivity index (χ1n) is 9.82. The van der Waals surface area contributed by atoms with Crippen molar-refractivity contribution in [2.24, 2.45) is 11.8 Å². The Labute approximate surface area is 165 Å². The third-order valence-electron chi connectivity index (χ3n) is 6.19. The summed E-state index contributed by atoms with van der Waals surface area (Å²) < 4.78 is 0. The van der Waals surface area contributed by atoms with Gasteiger partial charge in [-0.15, -0.1) is 0 Å². The summed E-state index contributed by atoms with van der Waals surface area (Å²) in [6, 6.07) is 15.1. The number of benzene rings is 2. The Morgan fingerprint density at radius 3 is 2.57 bits per heavy atom. The molecular formula is C23H26N2O3. The lowest BCUT2D eigenvalue weighted by Gasteiger charge is -2.30. The minimum absolute atomic E-state index is 0.0299. The van der Waals surface area contributed by atoms with Crippen LogP contribution in [-0.4, -0.2) is 46.4 Å². The Hall–Kier alpha value is -2.82. The molecule has 2 aliphatic rings. The zero-order valence-electron chi connectivity index (χ0n) is 16.3. The van der Waals surface area contributed by atoms with Crippen LogP contribution in [0.3, 0.4) is 0 Å². The fraction of sp³-hybridized carbons (Fsp3) is 0.391. The average molecular weight is 378 g/mol. The van der Waals surface area contributed by atoms with E-state index in [9.17, 15) is 14.7 Å². The standard InChI is InChI=1S/C23H26N2O3/c1-15-6-3-4-9-20(15)23-21-14-24(12-18(21)13-25(23)16(2)26)22(28)11-17-7-5-8-19(27)10-17/h3-10,18,21,23,27H,11-14H2,1-2H3/t18-,21-,23-/m1/s1. The van der Waals surface area contributed by atoms with Gasteiger partial charge in [0.25, 0.3) is 0 Å². The van der Waals surface area contributed by atoms with Crippen LogP contribution in [0.1, 0.15) is 29.7 Å². The van der Waals surface area contributed by atoms with E-state index < -0.39 is 0 Å². The van der Waals surface area contributed by atoms with Crippen molar-refractivity contribution in [3.05, 3.63) is 65.2 Å². The SMILES string of the molecule is CC(=O)N1C[C@H]2CN(C(=O)Cc3cccc(O)c3)C[C@H]2[C@H]1c1ccccc1C. The Balaban J connectivity index is 1.54. The van der Waals surface area contributed by atoms with E-state index in [-0.39, 0.29) is 29.5 Å². The van der Waals surface area contributed by atoms with E-state index in [4.69, 9.17) is 0 Å². The molecule has 0 spiro atoms. The van der Waals surface area contributed by atoms with Crippen molar-refractivity contribution in [1.29, 1.82) is 0 Å². The van der Waals surface area contributed by atoms with Crippen LogP contribution in [0.15, 0.2) is 48.5 Å². The largest absolute Gasteiger partial charge is 0.508 e. The fourth-order valence-corrected chi connectivity index (χ4v) is 4.84. The van der Waals surface area contributed by atoms with Crippen LogP contribution < -0.4 is 0 Å². The van der Waals surface area contributed by atoms with Crippen LogP contribution in [0.5, 0.6) is 5.75 Å². The second-order valence-corrected chi connectivity index (χ2v) is 8.04. The van der Waals surface area contributed by atoms with E-state index in [2.05, 4.69) is 19.1 Å². The van der Waals surface area contributed by atoms with Gasteiger partial charge in [0, 0.05) is 38.4 Å². The number of hydrogen-bond acceptors (Lipinski definition) is 3. The normalized spacial score (nSPS) is 23.7. The van der Waals surface area contributed by atoms with Gasteiger partial charge in [-0.2, -0.15) is 0 Å². The second-order valence-electron chi connectivity index (χ2n) is 8.04. The Kier molecular flexibility index (Phi) is 4.84. The quantitative estimate of drug-likeness (QED) is 0.893. The Morgan fingerprint density at radius 2 is 1.86 bits per heavy atom. The minimum atomic E-state index is 0.0299. The van der Waals surface area contributed by atoms with Gasteiger partial charge >= 0.3 is 0 Å². The van der Waals surface area contributed by atoms with Crippen LogP contribution in [0.2, 0.25) is 0 Å². The third-order valence-corrected chi connectivity index (χ3v) is 6.19. The predicted molar refractivity (Wildman–Crippen MR) is 107 cm³/mol. The monoisotopic (exact) mass is 378 g/mol. The number of carbonyl (C=O) groups is 2. The number of aryl methyl sites for hydroxylation is 1. The number of phenolic OH excluding ortho intramolecular Hbond substituents is 1. The zero-order chi connectivity index (χ0) is 19.8. The molecule has 28 heavy (non-hydrogen) atoms. The lowest BCUT2D eigenvalue weighted by molar-refractivity contribution is -0.131. The molecule has 2 aromatic rings. The molecule has 0 saturated carbocycles. The van der Waals surface area contributed by atoms with E-state index in [1.165, 1.54) is 11.1 Å². The van der Waals surface area contributed by atoms with Crippen molar-refractivity contribution in [3.8, 4) is 5.75 Å². The van der Waals surface area contributed by atoms with Crippen molar-refractivity contribution in [1.82, 2.24) is 9.80 Å². The molecule has 0 bridgehead atoms. The van der Waals surface area contributed by atoms with Gasteiger partial charge in [0.05, 0.1) is 12.5 Å². The summed E-state index contributed by atoms with van der Waals surface area (Å²) in [5.74, 6) is 0.929. The van der Waals surface area contributed by atoms with Crippen LogP contribution in [-0.2, 0) is 16.0 Å². The number of likely N-dealkylation sites (tertiary alicyclic amines) is 2. The van der Waals surface area contributed by atoms with Gasteiger partial charge in [-0.05, 0) is 35.7 Å². The van der Waals surface area contributed by atoms with E-state index in [1.54, 1.807) is 25.1 Å². The molecule has 0 aromatic heterocycles. The molecule has 0 unspecified atom stereocenters. The first-order valence-corrected chi connectivity index (χ1v) is 9.82. The maximum absolute atomic E-state index is 12.8. The van der Waals surface area contributed by atoms with Crippen molar-refractivity contribution in [2.75, 3.05) is 19.6 Å². The van der Waals surface area contributed by atoms with Gasteiger partial charge in [-0.3, -0.25) is 9.59 Å². The highest BCUT2D eigenvalue weighted by Gasteiger charge is 2.49. The summed E-state index contributed by atoms with van der Waals surface area (Å²) in [4.78, 5) is 29.0.